The van der Waals surface area contributed by atoms with Gasteiger partial charge in [-0.05, 0) is 73.2 Å². The number of amides is 4. The second kappa shape index (κ2) is 10.2. The van der Waals surface area contributed by atoms with Gasteiger partial charge in [-0.1, -0.05) is 42.8 Å². The van der Waals surface area contributed by atoms with Crippen molar-refractivity contribution >= 4 is 58.2 Å². The fourth-order valence-corrected chi connectivity index (χ4v) is 8.57. The van der Waals surface area contributed by atoms with Gasteiger partial charge in [0.15, 0.2) is 21.3 Å². The number of para-hydroxylation sites is 1. The fraction of sp³-hybridized carbons (Fsp3) is 0.294. The number of phenols is 1. The lowest BCUT2D eigenvalue weighted by Crippen LogP contribution is -2.60. The molecular formula is C34H26Cl2F2N2O5. The van der Waals surface area contributed by atoms with Crippen molar-refractivity contribution in [3.63, 3.8) is 0 Å². The van der Waals surface area contributed by atoms with Gasteiger partial charge in [0.05, 0.1) is 23.2 Å². The molecule has 3 fully saturated rings. The topological polar surface area (TPSA) is 95.0 Å². The Labute approximate surface area is 267 Å². The van der Waals surface area contributed by atoms with Crippen LogP contribution in [0.1, 0.15) is 36.8 Å². The molecule has 3 aromatic carbocycles. The standard InChI is InChI=1S/C34H26Cl2F2N2O5/c1-2-17-6-10-19(11-7-17)39-29(42)22-15-14-21-24(26(22)30(39)43)16-33(35)31(44)40(20-12-8-18(37)9-13-20)32(45)34(33,36)27(21)23-4-3-5-25(38)28(23)41/h3-14,22,24,26-27,41H,2,15-16H2,1H3/t22-,24+,26-,27+,33+,34-/m0/s1. The summed E-state index contributed by atoms with van der Waals surface area (Å²) < 4.78 is 28.6. The summed E-state index contributed by atoms with van der Waals surface area (Å²) in [5.74, 6) is -9.02. The Morgan fingerprint density at radius 1 is 0.844 bits per heavy atom. The van der Waals surface area contributed by atoms with Crippen molar-refractivity contribution in [1.29, 1.82) is 0 Å². The predicted octanol–water partition coefficient (Wildman–Crippen LogP) is 6.00. The minimum Gasteiger partial charge on any atom is -0.505 e. The lowest BCUT2D eigenvalue weighted by Gasteiger charge is -2.50. The average molecular weight is 651 g/mol. The van der Waals surface area contributed by atoms with Crippen LogP contribution >= 0.6 is 23.2 Å². The number of nitrogens with zero attached hydrogens (tertiary/aromatic N) is 2. The zero-order valence-corrected chi connectivity index (χ0v) is 25.4. The number of carbonyl (C=O) groups is 4. The van der Waals surface area contributed by atoms with E-state index in [0.29, 0.717) is 11.3 Å². The van der Waals surface area contributed by atoms with Crippen LogP contribution in [0.3, 0.4) is 0 Å². The Hall–Kier alpha value is -4.08. The van der Waals surface area contributed by atoms with E-state index in [0.717, 1.165) is 40.0 Å². The molecule has 6 atom stereocenters. The maximum absolute atomic E-state index is 14.8. The van der Waals surface area contributed by atoms with Crippen molar-refractivity contribution in [2.75, 3.05) is 9.80 Å². The monoisotopic (exact) mass is 650 g/mol. The number of aryl methyl sites for hydroxylation is 1. The highest BCUT2D eigenvalue weighted by atomic mass is 35.5. The summed E-state index contributed by atoms with van der Waals surface area (Å²) >= 11 is 14.5. The molecule has 0 radical (unpaired) electrons. The third-order valence-corrected chi connectivity index (χ3v) is 11.2. The first-order valence-corrected chi connectivity index (χ1v) is 15.4. The van der Waals surface area contributed by atoms with Crippen molar-refractivity contribution in [1.82, 2.24) is 0 Å². The van der Waals surface area contributed by atoms with Crippen LogP contribution in [0.4, 0.5) is 20.2 Å². The van der Waals surface area contributed by atoms with Crippen LogP contribution in [0, 0.1) is 29.4 Å². The molecule has 0 aromatic heterocycles. The maximum Gasteiger partial charge on any atom is 0.258 e. The van der Waals surface area contributed by atoms with Gasteiger partial charge in [0.1, 0.15) is 5.82 Å². The summed E-state index contributed by atoms with van der Waals surface area (Å²) in [5, 5.41) is 11.0. The molecule has 2 aliphatic heterocycles. The minimum atomic E-state index is -2.28. The Bertz CT molecular complexity index is 1830. The number of anilines is 2. The van der Waals surface area contributed by atoms with Crippen molar-refractivity contribution in [3.05, 3.63) is 101 Å². The smallest absolute Gasteiger partial charge is 0.258 e. The molecule has 7 nitrogen and oxygen atoms in total. The number of benzene rings is 3. The van der Waals surface area contributed by atoms with Gasteiger partial charge in [0, 0.05) is 11.5 Å². The van der Waals surface area contributed by atoms with Crippen molar-refractivity contribution < 1.29 is 33.1 Å². The number of aromatic hydroxyl groups is 1. The molecule has 2 heterocycles. The molecule has 45 heavy (non-hydrogen) atoms. The molecule has 230 valence electrons. The van der Waals surface area contributed by atoms with E-state index in [1.165, 1.54) is 24.3 Å². The van der Waals surface area contributed by atoms with E-state index in [1.807, 2.05) is 19.1 Å². The number of allylic oxidation sites excluding steroid dienone is 2. The largest absolute Gasteiger partial charge is 0.505 e. The zero-order chi connectivity index (χ0) is 32.0. The highest BCUT2D eigenvalue weighted by Gasteiger charge is 2.77. The van der Waals surface area contributed by atoms with Crippen molar-refractivity contribution in [2.24, 2.45) is 17.8 Å². The molecule has 1 saturated carbocycles. The summed E-state index contributed by atoms with van der Waals surface area (Å²) in [6, 6.07) is 15.5. The number of carbonyl (C=O) groups excluding carboxylic acids is 4. The lowest BCUT2D eigenvalue weighted by atomic mass is 9.56. The summed E-state index contributed by atoms with van der Waals surface area (Å²) in [7, 11) is 0. The zero-order valence-electron chi connectivity index (χ0n) is 23.8. The normalized spacial score (nSPS) is 30.7. The van der Waals surface area contributed by atoms with Crippen LogP contribution in [0.2, 0.25) is 0 Å². The van der Waals surface area contributed by atoms with Gasteiger partial charge in [-0.3, -0.25) is 24.1 Å². The van der Waals surface area contributed by atoms with Gasteiger partial charge >= 0.3 is 0 Å². The fourth-order valence-electron chi connectivity index (χ4n) is 7.64. The van der Waals surface area contributed by atoms with Gasteiger partial charge in [0.2, 0.25) is 11.8 Å². The molecule has 4 amide bonds. The molecule has 4 aliphatic rings. The van der Waals surface area contributed by atoms with Crippen molar-refractivity contribution in [2.45, 2.75) is 41.9 Å². The van der Waals surface area contributed by atoms with Crippen LogP contribution in [-0.4, -0.2) is 38.5 Å². The van der Waals surface area contributed by atoms with E-state index in [1.54, 1.807) is 18.2 Å². The minimum absolute atomic E-state index is 0.0201. The van der Waals surface area contributed by atoms with Gasteiger partial charge in [0.25, 0.3) is 11.8 Å². The van der Waals surface area contributed by atoms with Crippen LogP contribution in [0.15, 0.2) is 78.4 Å². The molecule has 1 N–H and O–H groups in total. The number of hydrogen-bond acceptors (Lipinski definition) is 5. The Kier molecular flexibility index (Phi) is 6.73. The third-order valence-electron chi connectivity index (χ3n) is 9.83. The number of rotatable bonds is 4. The van der Waals surface area contributed by atoms with Crippen LogP contribution in [0.5, 0.6) is 5.75 Å². The first-order chi connectivity index (χ1) is 21.4. The molecule has 7 rings (SSSR count). The van der Waals surface area contributed by atoms with Crippen LogP contribution < -0.4 is 9.80 Å². The Morgan fingerprint density at radius 2 is 1.49 bits per heavy atom. The van der Waals surface area contributed by atoms with Crippen molar-refractivity contribution in [3.8, 4) is 5.75 Å². The van der Waals surface area contributed by atoms with Gasteiger partial charge < -0.3 is 5.11 Å². The number of alkyl halides is 2. The average Bonchev–Trinajstić information content (AvgIpc) is 3.37. The van der Waals surface area contributed by atoms with E-state index >= 15 is 0 Å². The highest BCUT2D eigenvalue weighted by Crippen LogP contribution is 2.66. The first kappa shape index (κ1) is 29.6. The van der Waals surface area contributed by atoms with E-state index in [4.69, 9.17) is 23.2 Å². The number of hydrogen-bond donors (Lipinski definition) is 1. The second-order valence-corrected chi connectivity index (χ2v) is 13.2. The molecule has 0 bridgehead atoms. The molecular weight excluding hydrogens is 625 g/mol. The molecule has 11 heteroatoms. The third kappa shape index (κ3) is 3.93. The van der Waals surface area contributed by atoms with Gasteiger partial charge in [-0.15, -0.1) is 23.2 Å². The number of fused-ring (bicyclic) bond motifs is 4. The number of phenolic OH excluding ortho intramolecular Hbond substituents is 1. The second-order valence-electron chi connectivity index (χ2n) is 12.0. The van der Waals surface area contributed by atoms with E-state index in [2.05, 4.69) is 0 Å². The Morgan fingerprint density at radius 3 is 2.16 bits per heavy atom. The summed E-state index contributed by atoms with van der Waals surface area (Å²) in [6.07, 6.45) is 2.30. The maximum atomic E-state index is 14.8. The molecule has 0 spiro atoms. The highest BCUT2D eigenvalue weighted by molar-refractivity contribution is 6.58. The van der Waals surface area contributed by atoms with E-state index in [9.17, 15) is 33.1 Å². The summed E-state index contributed by atoms with van der Waals surface area (Å²) in [5.41, 5.74) is 1.79. The lowest BCUT2D eigenvalue weighted by molar-refractivity contribution is -0.125. The first-order valence-electron chi connectivity index (χ1n) is 14.6. The van der Waals surface area contributed by atoms with E-state index in [-0.39, 0.29) is 24.1 Å². The SMILES string of the molecule is CCc1ccc(N2C(=O)[C@H]3[C@H](CC=C4[C@H]3C[C@@]3(Cl)C(=O)N(c5ccc(F)cc5)C(=O)[C@@]3(Cl)[C@H]4c3cccc(F)c3O)C2=O)cc1. The van der Waals surface area contributed by atoms with Gasteiger partial charge in [-0.2, -0.15) is 0 Å². The van der Waals surface area contributed by atoms with E-state index < -0.39 is 74.4 Å². The Balaban J connectivity index is 1.39. The molecule has 0 unspecified atom stereocenters. The summed E-state index contributed by atoms with van der Waals surface area (Å²) in [6.45, 7) is 1.99. The van der Waals surface area contributed by atoms with Gasteiger partial charge in [-0.25, -0.2) is 13.7 Å². The number of imide groups is 2. The number of halogens is 4. The molecule has 2 saturated heterocycles. The summed E-state index contributed by atoms with van der Waals surface area (Å²) in [4.78, 5) is 53.9. The molecule has 2 aliphatic carbocycles. The van der Waals surface area contributed by atoms with Crippen LogP contribution in [-0.2, 0) is 25.6 Å². The van der Waals surface area contributed by atoms with Crippen LogP contribution in [0.25, 0.3) is 0 Å². The quantitative estimate of drug-likeness (QED) is 0.212. The predicted molar refractivity (Wildman–Crippen MR) is 163 cm³/mol. The molecule has 3 aromatic rings.